The number of anilines is 1. The Kier molecular flexibility index (Phi) is 5.83. The number of carbonyl (C=O) groups excluding carboxylic acids is 1. The Labute approximate surface area is 171 Å². The first-order valence-electron chi connectivity index (χ1n) is 8.71. The van der Waals surface area contributed by atoms with Gasteiger partial charge in [0.1, 0.15) is 5.75 Å². The molecule has 1 aliphatic heterocycles. The number of hydrogen-bond acceptors (Lipinski definition) is 8. The summed E-state index contributed by atoms with van der Waals surface area (Å²) in [5.74, 6) is 0.981. The van der Waals surface area contributed by atoms with Gasteiger partial charge in [0.25, 0.3) is 0 Å². The molecular weight excluding hydrogens is 402 g/mol. The van der Waals surface area contributed by atoms with E-state index >= 15 is 0 Å². The zero-order valence-electron chi connectivity index (χ0n) is 15.5. The van der Waals surface area contributed by atoms with Crippen molar-refractivity contribution >= 4 is 40.7 Å². The Bertz CT molecular complexity index is 1030. The topological polar surface area (TPSA) is 115 Å². The smallest absolute Gasteiger partial charge is 0.301 e. The first kappa shape index (κ1) is 20.3. The highest BCUT2D eigenvalue weighted by molar-refractivity contribution is 5.88. The molecule has 1 amide bonds. The van der Waals surface area contributed by atoms with Gasteiger partial charge in [0.05, 0.1) is 4.92 Å². The van der Waals surface area contributed by atoms with Gasteiger partial charge >= 0.3 is 5.69 Å². The molecule has 0 unspecified atom stereocenters. The van der Waals surface area contributed by atoms with Crippen LogP contribution in [0.3, 0.4) is 0 Å². The molecule has 0 spiro atoms. The lowest BCUT2D eigenvalue weighted by Gasteiger charge is -2.35. The Balaban J connectivity index is 0.00000240. The normalized spacial score (nSPS) is 13.8. The second-order valence-electron chi connectivity index (χ2n) is 6.39. The first-order chi connectivity index (χ1) is 13.5. The van der Waals surface area contributed by atoms with E-state index in [1.54, 1.807) is 6.92 Å². The zero-order valence-corrected chi connectivity index (χ0v) is 16.3. The lowest BCUT2D eigenvalue weighted by Crippen LogP contribution is -2.48. The second kappa shape index (κ2) is 8.31. The molecule has 0 aliphatic carbocycles. The minimum atomic E-state index is -0.545. The SMILES string of the molecule is CC(=O)N1CCN(c2ccc(Oc3ccc([N+](=O)[O-])c4nonc34)cc2)CC1.Cl. The Morgan fingerprint density at radius 2 is 1.72 bits per heavy atom. The number of nitro groups is 1. The highest BCUT2D eigenvalue weighted by Gasteiger charge is 2.21. The van der Waals surface area contributed by atoms with Crippen molar-refractivity contribution in [2.45, 2.75) is 6.92 Å². The van der Waals surface area contributed by atoms with E-state index in [4.69, 9.17) is 4.74 Å². The third-order valence-electron chi connectivity index (χ3n) is 4.71. The molecule has 29 heavy (non-hydrogen) atoms. The molecule has 2 aromatic carbocycles. The van der Waals surface area contributed by atoms with Crippen LogP contribution in [0.4, 0.5) is 11.4 Å². The van der Waals surface area contributed by atoms with Crippen LogP contribution in [-0.4, -0.2) is 52.2 Å². The summed E-state index contributed by atoms with van der Waals surface area (Å²) in [6, 6.07) is 10.3. The van der Waals surface area contributed by atoms with E-state index in [0.29, 0.717) is 24.6 Å². The molecule has 152 valence electrons. The molecule has 4 rings (SSSR count). The van der Waals surface area contributed by atoms with Crippen molar-refractivity contribution in [3.05, 3.63) is 46.5 Å². The molecule has 1 aromatic heterocycles. The maximum Gasteiger partial charge on any atom is 0.301 e. The second-order valence-corrected chi connectivity index (χ2v) is 6.39. The van der Waals surface area contributed by atoms with Crippen molar-refractivity contribution in [2.24, 2.45) is 0 Å². The maximum absolute atomic E-state index is 11.4. The van der Waals surface area contributed by atoms with Crippen LogP contribution in [-0.2, 0) is 4.79 Å². The molecule has 11 heteroatoms. The summed E-state index contributed by atoms with van der Waals surface area (Å²) in [6.45, 7) is 4.53. The minimum absolute atomic E-state index is 0. The number of non-ortho nitro benzene ring substituents is 1. The lowest BCUT2D eigenvalue weighted by molar-refractivity contribution is -0.383. The van der Waals surface area contributed by atoms with Crippen LogP contribution >= 0.6 is 12.4 Å². The number of nitrogens with zero attached hydrogens (tertiary/aromatic N) is 5. The molecule has 0 atom stereocenters. The van der Waals surface area contributed by atoms with E-state index in [1.165, 1.54) is 12.1 Å². The molecule has 0 saturated carbocycles. The molecule has 2 heterocycles. The van der Waals surface area contributed by atoms with Crippen molar-refractivity contribution in [3.63, 3.8) is 0 Å². The molecule has 0 bridgehead atoms. The van der Waals surface area contributed by atoms with Crippen molar-refractivity contribution in [1.82, 2.24) is 15.2 Å². The van der Waals surface area contributed by atoms with Crippen molar-refractivity contribution < 1.29 is 19.1 Å². The van der Waals surface area contributed by atoms with Crippen LogP contribution in [0.5, 0.6) is 11.5 Å². The van der Waals surface area contributed by atoms with Crippen LogP contribution in [0.15, 0.2) is 41.0 Å². The summed E-state index contributed by atoms with van der Waals surface area (Å²) in [4.78, 5) is 26.0. The van der Waals surface area contributed by atoms with Crippen molar-refractivity contribution in [1.29, 1.82) is 0 Å². The number of piperazine rings is 1. The van der Waals surface area contributed by atoms with Gasteiger partial charge in [0.15, 0.2) is 11.3 Å². The van der Waals surface area contributed by atoms with Crippen molar-refractivity contribution in [3.8, 4) is 11.5 Å². The third kappa shape index (κ3) is 4.06. The van der Waals surface area contributed by atoms with E-state index in [0.717, 1.165) is 18.8 Å². The van der Waals surface area contributed by atoms with E-state index in [1.807, 2.05) is 29.2 Å². The van der Waals surface area contributed by atoms with Gasteiger partial charge in [-0.1, -0.05) is 0 Å². The van der Waals surface area contributed by atoms with E-state index in [2.05, 4.69) is 19.8 Å². The first-order valence-corrected chi connectivity index (χ1v) is 8.71. The van der Waals surface area contributed by atoms with Crippen LogP contribution in [0.1, 0.15) is 6.92 Å². The number of rotatable bonds is 4. The molecule has 1 aliphatic rings. The van der Waals surface area contributed by atoms with E-state index in [9.17, 15) is 14.9 Å². The number of hydrogen-bond donors (Lipinski definition) is 0. The number of amides is 1. The summed E-state index contributed by atoms with van der Waals surface area (Å²) < 4.78 is 10.5. The largest absolute Gasteiger partial charge is 0.455 e. The highest BCUT2D eigenvalue weighted by atomic mass is 35.5. The van der Waals surface area contributed by atoms with Crippen LogP contribution in [0, 0.1) is 10.1 Å². The zero-order chi connectivity index (χ0) is 19.7. The highest BCUT2D eigenvalue weighted by Crippen LogP contribution is 2.33. The van der Waals surface area contributed by atoms with E-state index < -0.39 is 4.92 Å². The molecule has 1 saturated heterocycles. The number of carbonyl (C=O) groups is 1. The number of ether oxygens (including phenoxy) is 1. The number of nitro benzene ring substituents is 1. The molecule has 0 N–H and O–H groups in total. The summed E-state index contributed by atoms with van der Waals surface area (Å²) in [6.07, 6.45) is 0. The van der Waals surface area contributed by atoms with E-state index in [-0.39, 0.29) is 35.0 Å². The molecule has 0 radical (unpaired) electrons. The van der Waals surface area contributed by atoms with Gasteiger partial charge < -0.3 is 14.5 Å². The van der Waals surface area contributed by atoms with Crippen LogP contribution in [0.25, 0.3) is 11.0 Å². The lowest BCUT2D eigenvalue weighted by atomic mass is 10.2. The molecule has 3 aromatic rings. The van der Waals surface area contributed by atoms with Gasteiger partial charge in [-0.2, -0.15) is 0 Å². The minimum Gasteiger partial charge on any atom is -0.455 e. The summed E-state index contributed by atoms with van der Waals surface area (Å²) in [7, 11) is 0. The van der Waals surface area contributed by atoms with Gasteiger partial charge in [-0.3, -0.25) is 14.9 Å². The number of benzene rings is 2. The molecule has 10 nitrogen and oxygen atoms in total. The summed E-state index contributed by atoms with van der Waals surface area (Å²) >= 11 is 0. The average molecular weight is 420 g/mol. The predicted octanol–water partition coefficient (Wildman–Crippen LogP) is 3.01. The molecule has 1 fully saturated rings. The number of aromatic nitrogens is 2. The average Bonchev–Trinajstić information content (AvgIpc) is 3.19. The fourth-order valence-corrected chi connectivity index (χ4v) is 3.19. The van der Waals surface area contributed by atoms with Crippen LogP contribution in [0.2, 0.25) is 0 Å². The number of halogens is 1. The van der Waals surface area contributed by atoms with Crippen LogP contribution < -0.4 is 9.64 Å². The van der Waals surface area contributed by atoms with Gasteiger partial charge in [-0.05, 0) is 40.6 Å². The fraction of sp³-hybridized carbons (Fsp3) is 0.278. The van der Waals surface area contributed by atoms with Gasteiger partial charge in [-0.25, -0.2) is 4.63 Å². The fourth-order valence-electron chi connectivity index (χ4n) is 3.19. The van der Waals surface area contributed by atoms with Gasteiger partial charge in [0.2, 0.25) is 11.4 Å². The Morgan fingerprint density at radius 1 is 1.07 bits per heavy atom. The standard InChI is InChI=1S/C18H17N5O5.ClH/c1-12(24)21-8-10-22(11-9-21)13-2-4-14(5-3-13)27-16-7-6-15(23(25)26)17-18(16)20-28-19-17;/h2-7H,8-11H2,1H3;1H. The monoisotopic (exact) mass is 419 g/mol. The summed E-state index contributed by atoms with van der Waals surface area (Å²) in [5, 5.41) is 18.4. The van der Waals surface area contributed by atoms with Gasteiger partial charge in [0, 0.05) is 44.9 Å². The third-order valence-corrected chi connectivity index (χ3v) is 4.71. The van der Waals surface area contributed by atoms with Gasteiger partial charge in [-0.15, -0.1) is 12.4 Å². The number of fused-ring (bicyclic) bond motifs is 1. The predicted molar refractivity (Wildman–Crippen MR) is 107 cm³/mol. The summed E-state index contributed by atoms with van der Waals surface area (Å²) in [5.41, 5.74) is 1.08. The quantitative estimate of drug-likeness (QED) is 0.468. The molecular formula is C18H18ClN5O5. The Hall–Kier alpha value is -3.40. The van der Waals surface area contributed by atoms with Crippen molar-refractivity contribution in [2.75, 3.05) is 31.1 Å². The Morgan fingerprint density at radius 3 is 2.34 bits per heavy atom. The maximum atomic E-state index is 11.4.